The lowest BCUT2D eigenvalue weighted by molar-refractivity contribution is -0.142. The van der Waals surface area contributed by atoms with Gasteiger partial charge in [-0.3, -0.25) is 9.98 Å². The minimum absolute atomic E-state index is 0.0839. The van der Waals surface area contributed by atoms with Crippen molar-refractivity contribution in [1.82, 2.24) is 19.3 Å². The van der Waals surface area contributed by atoms with Crippen LogP contribution in [-0.2, 0) is 9.53 Å². The number of aliphatic hydroxyl groups is 3. The first kappa shape index (κ1) is 16.3. The number of nitrogens with zero attached hydrogens (tertiary/aromatic N) is 4. The van der Waals surface area contributed by atoms with Crippen LogP contribution in [0.4, 0.5) is 0 Å². The van der Waals surface area contributed by atoms with Crippen molar-refractivity contribution < 1.29 is 34.8 Å². The molecule has 130 valence electrons. The lowest BCUT2D eigenvalue weighted by Gasteiger charge is -2.16. The van der Waals surface area contributed by atoms with Crippen molar-refractivity contribution in [3.63, 3.8) is 0 Å². The maximum atomic E-state index is 10.5. The number of ether oxygens (including phenoxy) is 1. The van der Waals surface area contributed by atoms with Crippen molar-refractivity contribution in [3.05, 3.63) is 18.1 Å². The van der Waals surface area contributed by atoms with Crippen LogP contribution in [-0.4, -0.2) is 77.2 Å². The van der Waals surface area contributed by atoms with E-state index in [1.165, 1.54) is 10.9 Å². The van der Waals surface area contributed by atoms with Crippen molar-refractivity contribution in [2.75, 3.05) is 13.2 Å². The SMILES string of the molecule is N=c1c2ncn([C@@H]3O[C@H](CO)[C@@H](O)[C@H]3O)c2ncn1OCC(=O)O. The van der Waals surface area contributed by atoms with Gasteiger partial charge in [0.05, 0.1) is 12.9 Å². The second-order valence-electron chi connectivity index (χ2n) is 5.14. The summed E-state index contributed by atoms with van der Waals surface area (Å²) in [6.45, 7) is -1.12. The Kier molecular flexibility index (Phi) is 4.19. The van der Waals surface area contributed by atoms with Gasteiger partial charge < -0.3 is 30.0 Å². The fraction of sp³-hybridized carbons (Fsp3) is 0.500. The number of fused-ring (bicyclic) bond motifs is 1. The Morgan fingerprint density at radius 1 is 1.33 bits per heavy atom. The number of carbonyl (C=O) groups is 1. The zero-order chi connectivity index (χ0) is 17.4. The molecule has 4 atom stereocenters. The fourth-order valence-corrected chi connectivity index (χ4v) is 2.44. The van der Waals surface area contributed by atoms with Gasteiger partial charge in [0.1, 0.15) is 24.6 Å². The molecule has 5 N–H and O–H groups in total. The van der Waals surface area contributed by atoms with E-state index < -0.39 is 43.7 Å². The molecule has 0 radical (unpaired) electrons. The summed E-state index contributed by atoms with van der Waals surface area (Å²) >= 11 is 0. The molecule has 24 heavy (non-hydrogen) atoms. The summed E-state index contributed by atoms with van der Waals surface area (Å²) in [4.78, 5) is 23.4. The number of nitrogens with one attached hydrogen (secondary N) is 1. The first-order valence-electron chi connectivity index (χ1n) is 6.90. The normalized spacial score (nSPS) is 26.8. The molecule has 2 aromatic rings. The number of aromatic nitrogens is 4. The van der Waals surface area contributed by atoms with E-state index in [1.807, 2.05) is 0 Å². The molecule has 1 aliphatic heterocycles. The quantitative estimate of drug-likeness (QED) is 0.375. The first-order valence-corrected chi connectivity index (χ1v) is 6.90. The van der Waals surface area contributed by atoms with Gasteiger partial charge in [0.25, 0.3) is 0 Å². The second kappa shape index (κ2) is 6.16. The molecule has 0 aliphatic carbocycles. The lowest BCUT2D eigenvalue weighted by atomic mass is 10.1. The highest BCUT2D eigenvalue weighted by Crippen LogP contribution is 2.30. The number of imidazole rings is 1. The molecule has 0 spiro atoms. The molecule has 0 amide bonds. The van der Waals surface area contributed by atoms with Crippen molar-refractivity contribution in [1.29, 1.82) is 5.41 Å². The number of hydrogen-bond acceptors (Lipinski definition) is 9. The van der Waals surface area contributed by atoms with Gasteiger partial charge in [-0.15, -0.1) is 0 Å². The Morgan fingerprint density at radius 3 is 2.71 bits per heavy atom. The molecule has 3 rings (SSSR count). The maximum absolute atomic E-state index is 10.5. The Labute approximate surface area is 133 Å². The van der Waals surface area contributed by atoms with Gasteiger partial charge in [0.15, 0.2) is 22.9 Å². The topological polar surface area (TPSA) is 176 Å². The molecule has 1 fully saturated rings. The van der Waals surface area contributed by atoms with Gasteiger partial charge in [-0.05, 0) is 0 Å². The van der Waals surface area contributed by atoms with E-state index in [4.69, 9.17) is 25.2 Å². The van der Waals surface area contributed by atoms with Crippen LogP contribution in [0.5, 0.6) is 0 Å². The van der Waals surface area contributed by atoms with Gasteiger partial charge in [-0.2, -0.15) is 4.73 Å². The highest BCUT2D eigenvalue weighted by atomic mass is 16.7. The molecule has 0 aromatic carbocycles. The predicted molar refractivity (Wildman–Crippen MR) is 73.5 cm³/mol. The Hall–Kier alpha value is -2.54. The standard InChI is InChI=1S/C12H15N5O7/c13-10-7-11(15-4-17(10)23-2-6(19)20)16(3-14-7)12-9(22)8(21)5(1-18)24-12/h3-5,8-9,12-13,18,21-22H,1-2H2,(H,19,20)/t5-,8-,9-,12-/m1/s1. The Morgan fingerprint density at radius 2 is 2.08 bits per heavy atom. The van der Waals surface area contributed by atoms with Crippen LogP contribution in [0.1, 0.15) is 6.23 Å². The Bertz CT molecular complexity index is 818. The smallest absolute Gasteiger partial charge is 0.344 e. The summed E-state index contributed by atoms with van der Waals surface area (Å²) in [7, 11) is 0. The van der Waals surface area contributed by atoms with Crippen molar-refractivity contribution >= 4 is 17.1 Å². The maximum Gasteiger partial charge on any atom is 0.344 e. The highest BCUT2D eigenvalue weighted by molar-refractivity contribution is 5.69. The van der Waals surface area contributed by atoms with Crippen LogP contribution < -0.4 is 10.3 Å². The van der Waals surface area contributed by atoms with Crippen LogP contribution in [0.15, 0.2) is 12.7 Å². The summed E-state index contributed by atoms with van der Waals surface area (Å²) in [6.07, 6.45) is -2.23. The van der Waals surface area contributed by atoms with Crippen molar-refractivity contribution in [3.8, 4) is 0 Å². The van der Waals surface area contributed by atoms with E-state index in [9.17, 15) is 15.0 Å². The van der Waals surface area contributed by atoms with E-state index in [-0.39, 0.29) is 16.7 Å². The van der Waals surface area contributed by atoms with Crippen LogP contribution in [0, 0.1) is 5.41 Å². The van der Waals surface area contributed by atoms with Gasteiger partial charge in [-0.25, -0.2) is 14.8 Å². The van der Waals surface area contributed by atoms with E-state index in [1.54, 1.807) is 0 Å². The van der Waals surface area contributed by atoms with E-state index in [2.05, 4.69) is 9.97 Å². The van der Waals surface area contributed by atoms with Gasteiger partial charge in [0.2, 0.25) is 6.61 Å². The van der Waals surface area contributed by atoms with Gasteiger partial charge in [-0.1, -0.05) is 0 Å². The van der Waals surface area contributed by atoms with E-state index in [0.717, 1.165) is 11.1 Å². The first-order chi connectivity index (χ1) is 11.4. The third-order valence-electron chi connectivity index (χ3n) is 3.62. The number of carboxylic acid groups (broad SMARTS) is 1. The second-order valence-corrected chi connectivity index (χ2v) is 5.14. The molecule has 3 heterocycles. The van der Waals surface area contributed by atoms with Crippen LogP contribution in [0.3, 0.4) is 0 Å². The Balaban J connectivity index is 1.96. The summed E-state index contributed by atoms with van der Waals surface area (Å²) in [5.74, 6) is -1.21. The molecular weight excluding hydrogens is 326 g/mol. The van der Waals surface area contributed by atoms with Gasteiger partial charge in [0, 0.05) is 0 Å². The molecule has 2 aromatic heterocycles. The number of hydrogen-bond donors (Lipinski definition) is 5. The zero-order valence-electron chi connectivity index (χ0n) is 12.2. The van der Waals surface area contributed by atoms with Crippen molar-refractivity contribution in [2.24, 2.45) is 0 Å². The fourth-order valence-electron chi connectivity index (χ4n) is 2.44. The van der Waals surface area contributed by atoms with Crippen molar-refractivity contribution in [2.45, 2.75) is 24.5 Å². The molecule has 1 aliphatic rings. The summed E-state index contributed by atoms with van der Waals surface area (Å²) in [6, 6.07) is 0. The molecule has 12 nitrogen and oxygen atoms in total. The third-order valence-corrected chi connectivity index (χ3v) is 3.62. The number of aliphatic carboxylic acids is 1. The van der Waals surface area contributed by atoms with E-state index >= 15 is 0 Å². The van der Waals surface area contributed by atoms with Gasteiger partial charge >= 0.3 is 5.97 Å². The minimum atomic E-state index is -1.31. The summed E-state index contributed by atoms with van der Waals surface area (Å²) < 4.78 is 7.56. The van der Waals surface area contributed by atoms with Crippen LogP contribution >= 0.6 is 0 Å². The summed E-state index contributed by atoms with van der Waals surface area (Å²) in [5, 5.41) is 45.6. The average Bonchev–Trinajstić information content (AvgIpc) is 3.09. The van der Waals surface area contributed by atoms with Crippen LogP contribution in [0.2, 0.25) is 0 Å². The largest absolute Gasteiger partial charge is 0.479 e. The molecule has 1 saturated heterocycles. The molecule has 0 saturated carbocycles. The van der Waals surface area contributed by atoms with Crippen LogP contribution in [0.25, 0.3) is 11.2 Å². The number of rotatable bonds is 5. The number of carboxylic acids is 1. The molecule has 0 bridgehead atoms. The summed E-state index contributed by atoms with van der Waals surface area (Å²) in [5.41, 5.74) is 0.0115. The third kappa shape index (κ3) is 2.60. The number of aliphatic hydroxyl groups excluding tert-OH is 3. The molecular formula is C12H15N5O7. The minimum Gasteiger partial charge on any atom is -0.479 e. The van der Waals surface area contributed by atoms with E-state index in [0.29, 0.717) is 0 Å². The zero-order valence-corrected chi connectivity index (χ0v) is 12.2. The monoisotopic (exact) mass is 341 g/mol. The highest BCUT2D eigenvalue weighted by Gasteiger charge is 2.43. The lowest BCUT2D eigenvalue weighted by Crippen LogP contribution is -2.33. The molecule has 12 heteroatoms. The molecule has 0 unspecified atom stereocenters. The predicted octanol–water partition coefficient (Wildman–Crippen LogP) is -3.16. The average molecular weight is 341 g/mol.